The zero-order valence-electron chi connectivity index (χ0n) is 17.2. The van der Waals surface area contributed by atoms with Crippen LogP contribution in [0.5, 0.6) is 11.5 Å². The number of phenolic OH excluding ortho intramolecular Hbond substituents is 1. The lowest BCUT2D eigenvalue weighted by Gasteiger charge is -2.17. The second-order valence-electron chi connectivity index (χ2n) is 6.45. The van der Waals surface area contributed by atoms with Crippen LogP contribution < -0.4 is 4.74 Å². The van der Waals surface area contributed by atoms with Crippen molar-refractivity contribution in [2.45, 2.75) is 32.6 Å². The van der Waals surface area contributed by atoms with E-state index in [1.54, 1.807) is 25.5 Å². The first-order valence-electron chi connectivity index (χ1n) is 8.97. The minimum Gasteiger partial charge on any atom is -0.507 e. The van der Waals surface area contributed by atoms with Crippen LogP contribution in [0.25, 0.3) is 0 Å². The van der Waals surface area contributed by atoms with Gasteiger partial charge in [0.25, 0.3) is 5.89 Å². The highest BCUT2D eigenvalue weighted by molar-refractivity contribution is 7.98. The number of carbonyl (C=O) groups is 1. The Bertz CT molecular complexity index is 1050. The fourth-order valence-electron chi connectivity index (χ4n) is 3.03. The van der Waals surface area contributed by atoms with Crippen molar-refractivity contribution in [3.8, 4) is 11.5 Å². The maximum Gasteiger partial charge on any atom is 0.338 e. The van der Waals surface area contributed by atoms with E-state index in [4.69, 9.17) is 14.0 Å². The lowest BCUT2D eigenvalue weighted by Crippen LogP contribution is -2.17. The summed E-state index contributed by atoms with van der Waals surface area (Å²) in [6.07, 6.45) is 0. The maximum atomic E-state index is 12.4. The highest BCUT2D eigenvalue weighted by Gasteiger charge is 2.26. The molecule has 0 unspecified atom stereocenters. The molecular weight excluding hydrogens is 412 g/mol. The minimum absolute atomic E-state index is 0.0471. The van der Waals surface area contributed by atoms with E-state index in [2.05, 4.69) is 25.7 Å². The van der Waals surface area contributed by atoms with Gasteiger partial charge in [0.05, 0.1) is 19.8 Å². The number of nitrogens with zero attached hydrogens (tertiary/aromatic N) is 6. The number of tetrazole rings is 1. The Balaban J connectivity index is 1.88. The summed E-state index contributed by atoms with van der Waals surface area (Å²) in [6.45, 7) is 5.24. The Kier molecular flexibility index (Phi) is 6.55. The number of aromatic nitrogens is 6. The highest BCUT2D eigenvalue weighted by Crippen LogP contribution is 2.36. The minimum atomic E-state index is -0.544. The van der Waals surface area contributed by atoms with Gasteiger partial charge in [-0.15, -0.1) is 5.10 Å². The Hall–Kier alpha value is -3.15. The topological polar surface area (TPSA) is 138 Å². The molecule has 0 spiro atoms. The van der Waals surface area contributed by atoms with Gasteiger partial charge in [-0.25, -0.2) is 9.48 Å². The molecule has 0 radical (unpaired) electrons. The number of aromatic hydroxyl groups is 1. The first-order valence-corrected chi connectivity index (χ1v) is 10.1. The number of aryl methyl sites for hydroxylation is 2. The average Bonchev–Trinajstić information content (AvgIpc) is 3.35. The third kappa shape index (κ3) is 4.22. The Morgan fingerprint density at radius 1 is 1.33 bits per heavy atom. The number of methoxy groups -OCH3 is 2. The quantitative estimate of drug-likeness (QED) is 0.521. The van der Waals surface area contributed by atoms with Crippen molar-refractivity contribution in [3.63, 3.8) is 0 Å². The zero-order valence-corrected chi connectivity index (χ0v) is 18.1. The summed E-state index contributed by atoms with van der Waals surface area (Å²) >= 11 is 1.45. The third-order valence-electron chi connectivity index (χ3n) is 4.54. The molecule has 11 nitrogen and oxygen atoms in total. The standard InChI is InChI=1S/C18H22N6O5S/c1-9-15(27-4)6-14(25)12(16(9)18(26)28-5)7-30-8-13(17-19-10(2)21-29-17)24-11(3)20-22-23-24/h6,13,25H,7-8H2,1-5H3/t13-/m0/s1. The molecule has 0 bridgehead atoms. The maximum absolute atomic E-state index is 12.4. The van der Waals surface area contributed by atoms with Gasteiger partial charge >= 0.3 is 5.97 Å². The van der Waals surface area contributed by atoms with Gasteiger partial charge in [0, 0.05) is 28.7 Å². The van der Waals surface area contributed by atoms with Gasteiger partial charge in [0.1, 0.15) is 23.4 Å². The van der Waals surface area contributed by atoms with E-state index in [0.717, 1.165) is 0 Å². The molecule has 1 atom stereocenters. The number of hydrogen-bond donors (Lipinski definition) is 1. The first kappa shape index (κ1) is 21.6. The number of rotatable bonds is 8. The van der Waals surface area contributed by atoms with E-state index in [-0.39, 0.29) is 11.3 Å². The van der Waals surface area contributed by atoms with Crippen molar-refractivity contribution >= 4 is 17.7 Å². The predicted octanol–water partition coefficient (Wildman–Crippen LogP) is 2.00. The summed E-state index contributed by atoms with van der Waals surface area (Å²) in [5.74, 6) is 2.07. The molecule has 2 aromatic heterocycles. The number of thioether (sulfide) groups is 1. The lowest BCUT2D eigenvalue weighted by molar-refractivity contribution is 0.0598. The molecule has 0 amide bonds. The number of phenols is 1. The molecule has 160 valence electrons. The van der Waals surface area contributed by atoms with Crippen molar-refractivity contribution in [2.24, 2.45) is 0 Å². The average molecular weight is 434 g/mol. The van der Waals surface area contributed by atoms with E-state index < -0.39 is 12.0 Å². The second-order valence-corrected chi connectivity index (χ2v) is 7.48. The van der Waals surface area contributed by atoms with Crippen LogP contribution in [0.1, 0.15) is 45.1 Å². The number of benzene rings is 1. The van der Waals surface area contributed by atoms with E-state index >= 15 is 0 Å². The van der Waals surface area contributed by atoms with Crippen LogP contribution >= 0.6 is 11.8 Å². The van der Waals surface area contributed by atoms with Gasteiger partial charge in [-0.3, -0.25) is 0 Å². The van der Waals surface area contributed by atoms with Crippen LogP contribution in [0, 0.1) is 20.8 Å². The Labute approximate surface area is 176 Å². The van der Waals surface area contributed by atoms with Crippen molar-refractivity contribution in [1.29, 1.82) is 0 Å². The number of esters is 1. The van der Waals surface area contributed by atoms with Crippen molar-refractivity contribution in [2.75, 3.05) is 20.0 Å². The summed E-state index contributed by atoms with van der Waals surface area (Å²) in [7, 11) is 2.77. The van der Waals surface area contributed by atoms with Gasteiger partial charge in [-0.2, -0.15) is 16.7 Å². The summed E-state index contributed by atoms with van der Waals surface area (Å²) in [5.41, 5.74) is 1.34. The molecular formula is C18H22N6O5S. The monoisotopic (exact) mass is 434 g/mol. The fraction of sp³-hybridized carbons (Fsp3) is 0.444. The molecule has 1 N–H and O–H groups in total. The molecule has 0 fully saturated rings. The van der Waals surface area contributed by atoms with Crippen molar-refractivity contribution in [1.82, 2.24) is 30.3 Å². The summed E-state index contributed by atoms with van der Waals surface area (Å²) in [6, 6.07) is 1.08. The van der Waals surface area contributed by atoms with Gasteiger partial charge in [0.15, 0.2) is 5.82 Å². The smallest absolute Gasteiger partial charge is 0.338 e. The molecule has 30 heavy (non-hydrogen) atoms. The summed E-state index contributed by atoms with van der Waals surface area (Å²) < 4.78 is 17.1. The van der Waals surface area contributed by atoms with Gasteiger partial charge in [-0.05, 0) is 31.2 Å². The molecule has 0 aliphatic heterocycles. The number of hydrogen-bond acceptors (Lipinski definition) is 11. The van der Waals surface area contributed by atoms with Gasteiger partial charge in [-0.1, -0.05) is 5.16 Å². The van der Waals surface area contributed by atoms with E-state index in [9.17, 15) is 9.90 Å². The van der Waals surface area contributed by atoms with E-state index in [1.807, 2.05) is 0 Å². The zero-order chi connectivity index (χ0) is 21.8. The fourth-order valence-corrected chi connectivity index (χ4v) is 4.15. The van der Waals surface area contributed by atoms with Crippen LogP contribution in [0.2, 0.25) is 0 Å². The molecule has 0 aliphatic rings. The van der Waals surface area contributed by atoms with Gasteiger partial charge < -0.3 is 19.1 Å². The van der Waals surface area contributed by atoms with E-state index in [0.29, 0.717) is 45.9 Å². The van der Waals surface area contributed by atoms with Crippen LogP contribution in [-0.4, -0.2) is 61.4 Å². The van der Waals surface area contributed by atoms with E-state index in [1.165, 1.54) is 32.0 Å². The molecule has 3 aromatic rings. The van der Waals surface area contributed by atoms with Crippen LogP contribution in [0.4, 0.5) is 0 Å². The summed E-state index contributed by atoms with van der Waals surface area (Å²) in [5, 5.41) is 26.0. The predicted molar refractivity (Wildman–Crippen MR) is 107 cm³/mol. The normalized spacial score (nSPS) is 12.0. The SMILES string of the molecule is COC(=O)c1c(C)c(OC)cc(O)c1CSC[C@@H](c1nc(C)no1)n1nnnc1C. The van der Waals surface area contributed by atoms with Gasteiger partial charge in [0.2, 0.25) is 0 Å². The van der Waals surface area contributed by atoms with Crippen LogP contribution in [0.15, 0.2) is 10.6 Å². The second kappa shape index (κ2) is 9.11. The molecule has 12 heteroatoms. The number of carbonyl (C=O) groups excluding carboxylic acids is 1. The molecule has 0 aliphatic carbocycles. The first-order chi connectivity index (χ1) is 14.4. The molecule has 2 heterocycles. The van der Waals surface area contributed by atoms with Crippen molar-refractivity contribution < 1.29 is 23.9 Å². The Morgan fingerprint density at radius 2 is 2.10 bits per heavy atom. The molecule has 1 aromatic carbocycles. The third-order valence-corrected chi connectivity index (χ3v) is 5.58. The molecule has 0 saturated carbocycles. The Morgan fingerprint density at radius 3 is 2.67 bits per heavy atom. The number of ether oxygens (including phenoxy) is 2. The molecule has 0 saturated heterocycles. The van der Waals surface area contributed by atoms with Crippen molar-refractivity contribution in [3.05, 3.63) is 40.3 Å². The summed E-state index contributed by atoms with van der Waals surface area (Å²) in [4.78, 5) is 16.7. The largest absolute Gasteiger partial charge is 0.507 e. The lowest BCUT2D eigenvalue weighted by atomic mass is 10.0. The molecule has 3 rings (SSSR count). The highest BCUT2D eigenvalue weighted by atomic mass is 32.2. The van der Waals surface area contributed by atoms with Crippen LogP contribution in [-0.2, 0) is 10.5 Å². The van der Waals surface area contributed by atoms with Crippen LogP contribution in [0.3, 0.4) is 0 Å².